The second kappa shape index (κ2) is 8.37. The van der Waals surface area contributed by atoms with Gasteiger partial charge in [-0.15, -0.1) is 0 Å². The summed E-state index contributed by atoms with van der Waals surface area (Å²) in [6.07, 6.45) is -1.46. The summed E-state index contributed by atoms with van der Waals surface area (Å²) in [5, 5.41) is 15.6. The third kappa shape index (κ3) is 4.37. The Balaban J connectivity index is 2.12. The van der Waals surface area contributed by atoms with E-state index in [4.69, 9.17) is 4.74 Å². The maximum absolute atomic E-state index is 13.6. The fourth-order valence-corrected chi connectivity index (χ4v) is 2.16. The van der Waals surface area contributed by atoms with Crippen molar-refractivity contribution in [3.8, 4) is 0 Å². The van der Waals surface area contributed by atoms with Crippen molar-refractivity contribution in [2.24, 2.45) is 0 Å². The number of benzene rings is 2. The van der Waals surface area contributed by atoms with Gasteiger partial charge in [-0.2, -0.15) is 0 Å². The van der Waals surface area contributed by atoms with E-state index >= 15 is 0 Å². The van der Waals surface area contributed by atoms with Gasteiger partial charge in [0.25, 0.3) is 11.6 Å². The number of nitro groups is 1. The predicted octanol–water partition coefficient (Wildman–Crippen LogP) is 3.24. The summed E-state index contributed by atoms with van der Waals surface area (Å²) < 4.78 is 44.6. The third-order valence-electron chi connectivity index (χ3n) is 3.65. The molecule has 11 heteroatoms. The van der Waals surface area contributed by atoms with Gasteiger partial charge in [-0.25, -0.2) is 18.0 Å². The highest BCUT2D eigenvalue weighted by molar-refractivity contribution is 5.97. The molecular weight excluding hydrogens is 383 g/mol. The number of amides is 1. The average Bonchev–Trinajstić information content (AvgIpc) is 2.67. The Morgan fingerprint density at radius 1 is 1.11 bits per heavy atom. The van der Waals surface area contributed by atoms with Gasteiger partial charge in [-0.05, 0) is 31.2 Å². The lowest BCUT2D eigenvalue weighted by molar-refractivity contribution is -0.384. The van der Waals surface area contributed by atoms with Crippen molar-refractivity contribution in [1.29, 1.82) is 0 Å². The molecule has 0 bridgehead atoms. The Kier molecular flexibility index (Phi) is 6.18. The number of anilines is 2. The summed E-state index contributed by atoms with van der Waals surface area (Å²) in [6.45, 7) is 1.15. The molecule has 2 aromatic rings. The predicted molar refractivity (Wildman–Crippen MR) is 92.5 cm³/mol. The van der Waals surface area contributed by atoms with E-state index in [-0.39, 0.29) is 16.9 Å². The standard InChI is InChI=1S/C17H14F3N3O5/c1-8(16(24)22-12-6-4-10(18)14(19)15(12)20)28-17(25)9-3-5-11(21-2)13(7-9)23(26)27/h3-8,21H,1-2H3,(H,22,24)/t8-/m1/s1. The summed E-state index contributed by atoms with van der Waals surface area (Å²) in [6, 6.07) is 4.93. The van der Waals surface area contributed by atoms with Gasteiger partial charge in [0, 0.05) is 13.1 Å². The van der Waals surface area contributed by atoms with Gasteiger partial charge in [0.15, 0.2) is 23.6 Å². The third-order valence-corrected chi connectivity index (χ3v) is 3.65. The highest BCUT2D eigenvalue weighted by atomic mass is 19.2. The zero-order valence-corrected chi connectivity index (χ0v) is 14.6. The topological polar surface area (TPSA) is 111 Å². The smallest absolute Gasteiger partial charge is 0.339 e. The molecule has 2 aromatic carbocycles. The van der Waals surface area contributed by atoms with Crippen LogP contribution in [0.1, 0.15) is 17.3 Å². The number of halogens is 3. The van der Waals surface area contributed by atoms with E-state index in [0.29, 0.717) is 6.07 Å². The summed E-state index contributed by atoms with van der Waals surface area (Å²) in [7, 11) is 1.46. The lowest BCUT2D eigenvalue weighted by atomic mass is 10.1. The zero-order chi connectivity index (χ0) is 21.0. The lowest BCUT2D eigenvalue weighted by Gasteiger charge is -2.14. The van der Waals surface area contributed by atoms with Crippen LogP contribution in [-0.4, -0.2) is 30.0 Å². The van der Waals surface area contributed by atoms with Crippen molar-refractivity contribution in [2.45, 2.75) is 13.0 Å². The van der Waals surface area contributed by atoms with Crippen LogP contribution in [0, 0.1) is 27.6 Å². The molecule has 0 aliphatic rings. The van der Waals surface area contributed by atoms with Crippen molar-refractivity contribution in [1.82, 2.24) is 0 Å². The van der Waals surface area contributed by atoms with Gasteiger partial charge in [0.2, 0.25) is 0 Å². The molecule has 8 nitrogen and oxygen atoms in total. The van der Waals surface area contributed by atoms with Gasteiger partial charge in [-0.3, -0.25) is 14.9 Å². The van der Waals surface area contributed by atoms with Gasteiger partial charge >= 0.3 is 5.97 Å². The quantitative estimate of drug-likeness (QED) is 0.335. The van der Waals surface area contributed by atoms with Crippen LogP contribution in [0.3, 0.4) is 0 Å². The Morgan fingerprint density at radius 2 is 1.75 bits per heavy atom. The molecule has 1 atom stereocenters. The van der Waals surface area contributed by atoms with Gasteiger partial charge in [0.05, 0.1) is 16.2 Å². The number of esters is 1. The van der Waals surface area contributed by atoms with Crippen LogP contribution in [0.4, 0.5) is 30.2 Å². The number of nitro benzene ring substituents is 1. The number of hydrogen-bond acceptors (Lipinski definition) is 6. The van der Waals surface area contributed by atoms with E-state index < -0.39 is 46.0 Å². The van der Waals surface area contributed by atoms with Gasteiger partial charge in [0.1, 0.15) is 5.69 Å². The van der Waals surface area contributed by atoms with Crippen molar-refractivity contribution < 1.29 is 32.4 Å². The molecule has 28 heavy (non-hydrogen) atoms. The molecule has 0 heterocycles. The summed E-state index contributed by atoms with van der Waals surface area (Å²) >= 11 is 0. The van der Waals surface area contributed by atoms with Gasteiger partial charge < -0.3 is 15.4 Å². The van der Waals surface area contributed by atoms with Crippen molar-refractivity contribution >= 4 is 28.9 Å². The fraction of sp³-hybridized carbons (Fsp3) is 0.176. The Labute approximate surface area is 156 Å². The summed E-state index contributed by atoms with van der Waals surface area (Å²) in [5.74, 6) is -6.86. The molecule has 0 aliphatic heterocycles. The first-order valence-electron chi connectivity index (χ1n) is 7.77. The van der Waals surface area contributed by atoms with E-state index in [9.17, 15) is 32.9 Å². The minimum atomic E-state index is -1.76. The van der Waals surface area contributed by atoms with Crippen LogP contribution in [0.25, 0.3) is 0 Å². The molecule has 0 spiro atoms. The minimum absolute atomic E-state index is 0.168. The van der Waals surface area contributed by atoms with Crippen LogP contribution in [-0.2, 0) is 9.53 Å². The van der Waals surface area contributed by atoms with Crippen molar-refractivity contribution in [3.05, 3.63) is 63.5 Å². The number of ether oxygens (including phenoxy) is 1. The average molecular weight is 397 g/mol. The normalized spacial score (nSPS) is 11.5. The number of hydrogen-bond donors (Lipinski definition) is 2. The molecule has 0 radical (unpaired) electrons. The monoisotopic (exact) mass is 397 g/mol. The second-order valence-electron chi connectivity index (χ2n) is 5.50. The summed E-state index contributed by atoms with van der Waals surface area (Å²) in [4.78, 5) is 34.5. The Hall–Kier alpha value is -3.63. The molecule has 0 fully saturated rings. The number of nitrogens with zero attached hydrogens (tertiary/aromatic N) is 1. The Morgan fingerprint density at radius 3 is 2.36 bits per heavy atom. The number of nitrogens with one attached hydrogen (secondary N) is 2. The van der Waals surface area contributed by atoms with Crippen molar-refractivity contribution in [3.63, 3.8) is 0 Å². The van der Waals surface area contributed by atoms with Gasteiger partial charge in [-0.1, -0.05) is 0 Å². The molecule has 0 saturated carbocycles. The highest BCUT2D eigenvalue weighted by Crippen LogP contribution is 2.25. The zero-order valence-electron chi connectivity index (χ0n) is 14.6. The first-order chi connectivity index (χ1) is 13.1. The van der Waals surface area contributed by atoms with Crippen LogP contribution in [0.5, 0.6) is 0 Å². The second-order valence-corrected chi connectivity index (χ2v) is 5.50. The SMILES string of the molecule is CNc1ccc(C(=O)O[C@H](C)C(=O)Nc2ccc(F)c(F)c2F)cc1[N+](=O)[O-]. The molecule has 0 aliphatic carbocycles. The molecule has 148 valence electrons. The Bertz CT molecular complexity index is 952. The fourth-order valence-electron chi connectivity index (χ4n) is 2.16. The first kappa shape index (κ1) is 20.7. The van der Waals surface area contributed by atoms with Crippen LogP contribution in [0.2, 0.25) is 0 Å². The van der Waals surface area contributed by atoms with Crippen LogP contribution < -0.4 is 10.6 Å². The largest absolute Gasteiger partial charge is 0.449 e. The molecule has 2 N–H and O–H groups in total. The molecule has 0 unspecified atom stereocenters. The molecule has 2 rings (SSSR count). The maximum atomic E-state index is 13.6. The number of carbonyl (C=O) groups is 2. The summed E-state index contributed by atoms with van der Waals surface area (Å²) in [5.41, 5.74) is -1.04. The number of carbonyl (C=O) groups excluding carboxylic acids is 2. The van der Waals surface area contributed by atoms with E-state index in [1.165, 1.54) is 19.2 Å². The van der Waals surface area contributed by atoms with Crippen molar-refractivity contribution in [2.75, 3.05) is 17.7 Å². The maximum Gasteiger partial charge on any atom is 0.339 e. The van der Waals surface area contributed by atoms with Crippen LogP contribution >= 0.6 is 0 Å². The first-order valence-corrected chi connectivity index (χ1v) is 7.77. The number of rotatable bonds is 6. The van der Waals surface area contributed by atoms with Crippen LogP contribution in [0.15, 0.2) is 30.3 Å². The molecule has 0 aromatic heterocycles. The van der Waals surface area contributed by atoms with E-state index in [1.807, 2.05) is 5.32 Å². The van der Waals surface area contributed by atoms with E-state index in [1.54, 1.807) is 0 Å². The highest BCUT2D eigenvalue weighted by Gasteiger charge is 2.23. The van der Waals surface area contributed by atoms with E-state index in [2.05, 4.69) is 5.32 Å². The molecular formula is C17H14F3N3O5. The molecule has 1 amide bonds. The minimum Gasteiger partial charge on any atom is -0.449 e. The van der Waals surface area contributed by atoms with E-state index in [0.717, 1.165) is 19.1 Å². The molecule has 0 saturated heterocycles. The lowest BCUT2D eigenvalue weighted by Crippen LogP contribution is -2.30.